The molecule has 2 aromatic carbocycles. The van der Waals surface area contributed by atoms with Crippen LogP contribution in [0, 0.1) is 11.6 Å². The zero-order valence-electron chi connectivity index (χ0n) is 16.0. The number of benzene rings is 2. The number of anilines is 1. The van der Waals surface area contributed by atoms with Crippen molar-refractivity contribution >= 4 is 28.0 Å². The molecule has 0 saturated carbocycles. The maximum atomic E-state index is 13.9. The summed E-state index contributed by atoms with van der Waals surface area (Å²) < 4.78 is 35.6. The molecule has 31 heavy (non-hydrogen) atoms. The van der Waals surface area contributed by atoms with E-state index in [4.69, 9.17) is 10.2 Å². The van der Waals surface area contributed by atoms with Crippen molar-refractivity contribution in [2.45, 2.75) is 13.0 Å². The van der Waals surface area contributed by atoms with E-state index in [1.165, 1.54) is 6.33 Å². The van der Waals surface area contributed by atoms with Gasteiger partial charge in [0.15, 0.2) is 11.5 Å². The Balaban J connectivity index is 1.64. The van der Waals surface area contributed by atoms with Crippen LogP contribution in [0.15, 0.2) is 64.3 Å². The smallest absolute Gasteiger partial charge is 0.200 e. The summed E-state index contributed by atoms with van der Waals surface area (Å²) >= 11 is 0. The number of fused-ring (bicyclic) bond motifs is 2. The molecule has 2 N–H and O–H groups in total. The van der Waals surface area contributed by atoms with E-state index in [-0.39, 0.29) is 28.8 Å². The standard InChI is InChI=1S/C22H15F2N5O2/c23-13-7-12(8-14(24)9-13)18-17(31-16-4-2-1-3-15(16)20(18)30)5-6-29-11-28-19-21(25)26-10-27-22(19)29/h1-4,7-11H,5-6H2,(H2,25,26,27). The molecule has 0 atom stereocenters. The summed E-state index contributed by atoms with van der Waals surface area (Å²) in [6.45, 7) is 0.346. The van der Waals surface area contributed by atoms with Crippen molar-refractivity contribution < 1.29 is 13.2 Å². The van der Waals surface area contributed by atoms with E-state index in [1.54, 1.807) is 35.2 Å². The molecule has 0 aliphatic heterocycles. The lowest BCUT2D eigenvalue weighted by Crippen LogP contribution is -2.11. The monoisotopic (exact) mass is 419 g/mol. The molecule has 0 aliphatic rings. The first kappa shape index (κ1) is 18.9. The van der Waals surface area contributed by atoms with Gasteiger partial charge in [0.05, 0.1) is 17.3 Å². The fourth-order valence-corrected chi connectivity index (χ4v) is 3.64. The Morgan fingerprint density at radius 2 is 1.81 bits per heavy atom. The maximum Gasteiger partial charge on any atom is 0.200 e. The molecule has 0 unspecified atom stereocenters. The molecule has 0 amide bonds. The van der Waals surface area contributed by atoms with Crippen LogP contribution in [0.4, 0.5) is 14.6 Å². The Morgan fingerprint density at radius 3 is 2.61 bits per heavy atom. The van der Waals surface area contributed by atoms with Crippen LogP contribution in [-0.2, 0) is 13.0 Å². The molecule has 0 aliphatic carbocycles. The van der Waals surface area contributed by atoms with Crippen LogP contribution in [-0.4, -0.2) is 19.5 Å². The predicted octanol–water partition coefficient (Wildman–Crippen LogP) is 3.70. The number of rotatable bonds is 4. The van der Waals surface area contributed by atoms with Gasteiger partial charge < -0.3 is 14.7 Å². The van der Waals surface area contributed by atoms with Gasteiger partial charge in [-0.05, 0) is 29.8 Å². The van der Waals surface area contributed by atoms with E-state index in [0.29, 0.717) is 34.4 Å². The Morgan fingerprint density at radius 1 is 1.03 bits per heavy atom. The van der Waals surface area contributed by atoms with E-state index < -0.39 is 11.6 Å². The van der Waals surface area contributed by atoms with E-state index in [1.807, 2.05) is 0 Å². The average molecular weight is 419 g/mol. The molecule has 5 aromatic rings. The maximum absolute atomic E-state index is 13.9. The third kappa shape index (κ3) is 3.29. The van der Waals surface area contributed by atoms with Crippen molar-refractivity contribution in [2.75, 3.05) is 5.73 Å². The first-order valence-electron chi connectivity index (χ1n) is 9.44. The third-order valence-electron chi connectivity index (χ3n) is 5.03. The summed E-state index contributed by atoms with van der Waals surface area (Å²) in [4.78, 5) is 25.6. The lowest BCUT2D eigenvalue weighted by Gasteiger charge is -2.11. The second-order valence-corrected chi connectivity index (χ2v) is 7.00. The summed E-state index contributed by atoms with van der Waals surface area (Å²) in [7, 11) is 0. The van der Waals surface area contributed by atoms with Gasteiger partial charge >= 0.3 is 0 Å². The quantitative estimate of drug-likeness (QED) is 0.477. The zero-order chi connectivity index (χ0) is 21.5. The molecule has 5 rings (SSSR count). The van der Waals surface area contributed by atoms with Gasteiger partial charge in [0, 0.05) is 19.0 Å². The number of nitrogen functional groups attached to an aromatic ring is 1. The minimum absolute atomic E-state index is 0.120. The van der Waals surface area contributed by atoms with Crippen molar-refractivity contribution in [1.82, 2.24) is 19.5 Å². The average Bonchev–Trinajstić information content (AvgIpc) is 3.16. The fraction of sp³-hybridized carbons (Fsp3) is 0.0909. The van der Waals surface area contributed by atoms with Crippen LogP contribution in [0.1, 0.15) is 5.76 Å². The number of aromatic nitrogens is 4. The summed E-state index contributed by atoms with van der Waals surface area (Å²) in [6.07, 6.45) is 3.16. The molecule has 0 fully saturated rings. The number of nitrogens with two attached hydrogens (primary N) is 1. The molecular weight excluding hydrogens is 404 g/mol. The van der Waals surface area contributed by atoms with Gasteiger partial charge in [0.1, 0.15) is 34.8 Å². The van der Waals surface area contributed by atoms with Crippen LogP contribution < -0.4 is 11.2 Å². The second kappa shape index (κ2) is 7.28. The Kier molecular flexibility index (Phi) is 4.43. The third-order valence-corrected chi connectivity index (χ3v) is 5.03. The van der Waals surface area contributed by atoms with Gasteiger partial charge in [-0.2, -0.15) is 0 Å². The topological polar surface area (TPSA) is 99.8 Å². The molecule has 0 radical (unpaired) electrons. The first-order chi connectivity index (χ1) is 15.0. The number of imidazole rings is 1. The highest BCUT2D eigenvalue weighted by Gasteiger charge is 2.18. The summed E-state index contributed by atoms with van der Waals surface area (Å²) in [5, 5.41) is 0.333. The molecule has 7 nitrogen and oxygen atoms in total. The highest BCUT2D eigenvalue weighted by Crippen LogP contribution is 2.27. The van der Waals surface area contributed by atoms with Crippen molar-refractivity contribution in [3.8, 4) is 11.1 Å². The lowest BCUT2D eigenvalue weighted by atomic mass is 10.0. The SMILES string of the molecule is Nc1ncnc2c1ncn2CCc1oc2ccccc2c(=O)c1-c1cc(F)cc(F)c1. The number of aryl methyl sites for hydroxylation is 2. The van der Waals surface area contributed by atoms with Crippen molar-refractivity contribution in [3.05, 3.63) is 82.7 Å². The van der Waals surface area contributed by atoms with E-state index >= 15 is 0 Å². The molecule has 154 valence electrons. The number of hydrogen-bond acceptors (Lipinski definition) is 6. The van der Waals surface area contributed by atoms with Crippen LogP contribution in [0.2, 0.25) is 0 Å². The van der Waals surface area contributed by atoms with E-state index in [0.717, 1.165) is 18.2 Å². The van der Waals surface area contributed by atoms with E-state index in [2.05, 4.69) is 15.0 Å². The minimum atomic E-state index is -0.777. The highest BCUT2D eigenvalue weighted by atomic mass is 19.1. The summed E-state index contributed by atoms with van der Waals surface area (Å²) in [6, 6.07) is 9.75. The number of nitrogens with zero attached hydrogens (tertiary/aromatic N) is 4. The Hall–Kier alpha value is -4.14. The number of hydrogen-bond donors (Lipinski definition) is 1. The van der Waals surface area contributed by atoms with Crippen molar-refractivity contribution in [1.29, 1.82) is 0 Å². The zero-order valence-corrected chi connectivity index (χ0v) is 16.0. The van der Waals surface area contributed by atoms with Gasteiger partial charge in [0.25, 0.3) is 0 Å². The molecule has 3 heterocycles. The summed E-state index contributed by atoms with van der Waals surface area (Å²) in [5.41, 5.74) is 7.11. The molecule has 3 aromatic heterocycles. The normalized spacial score (nSPS) is 11.4. The first-order valence-corrected chi connectivity index (χ1v) is 9.44. The van der Waals surface area contributed by atoms with E-state index in [9.17, 15) is 13.6 Å². The highest BCUT2D eigenvalue weighted by molar-refractivity contribution is 5.83. The number of halogens is 2. The van der Waals surface area contributed by atoms with Crippen LogP contribution in [0.5, 0.6) is 0 Å². The lowest BCUT2D eigenvalue weighted by molar-refractivity contribution is 0.516. The van der Waals surface area contributed by atoms with Gasteiger partial charge in [0.2, 0.25) is 5.43 Å². The molecule has 9 heteroatoms. The number of para-hydroxylation sites is 1. The van der Waals surface area contributed by atoms with Gasteiger partial charge in [-0.15, -0.1) is 0 Å². The summed E-state index contributed by atoms with van der Waals surface area (Å²) in [5.74, 6) is -0.989. The van der Waals surface area contributed by atoms with Crippen molar-refractivity contribution in [2.24, 2.45) is 0 Å². The predicted molar refractivity (Wildman–Crippen MR) is 111 cm³/mol. The second-order valence-electron chi connectivity index (χ2n) is 7.00. The van der Waals surface area contributed by atoms with Crippen LogP contribution in [0.3, 0.4) is 0 Å². The molecule has 0 saturated heterocycles. The van der Waals surface area contributed by atoms with Gasteiger partial charge in [-0.1, -0.05) is 12.1 Å². The van der Waals surface area contributed by atoms with Gasteiger partial charge in [-0.3, -0.25) is 4.79 Å². The molecule has 0 bridgehead atoms. The molecule has 0 spiro atoms. The Labute approximate surface area is 173 Å². The van der Waals surface area contributed by atoms with Crippen LogP contribution >= 0.6 is 0 Å². The molecular formula is C22H15F2N5O2. The van der Waals surface area contributed by atoms with Gasteiger partial charge in [-0.25, -0.2) is 23.7 Å². The Bertz CT molecular complexity index is 1490. The van der Waals surface area contributed by atoms with Crippen LogP contribution in [0.25, 0.3) is 33.3 Å². The fourth-order valence-electron chi connectivity index (χ4n) is 3.64. The van der Waals surface area contributed by atoms with Crippen molar-refractivity contribution in [3.63, 3.8) is 0 Å². The minimum Gasteiger partial charge on any atom is -0.460 e. The largest absolute Gasteiger partial charge is 0.460 e.